The Balaban J connectivity index is 1.27. The molecule has 11 unspecified atom stereocenters. The molecule has 0 nitrogen and oxygen atoms in total. The van der Waals surface area contributed by atoms with Gasteiger partial charge in [-0.2, -0.15) is 0 Å². The molecule has 0 saturated heterocycles. The summed E-state index contributed by atoms with van der Waals surface area (Å²) in [5.74, 6) is 12.9. The van der Waals surface area contributed by atoms with Gasteiger partial charge in [0, 0.05) is 0 Å². The van der Waals surface area contributed by atoms with E-state index in [1.54, 1.807) is 148 Å². The highest BCUT2D eigenvalue weighted by atomic mass is 14.6. The first kappa shape index (κ1) is 32.0. The van der Waals surface area contributed by atoms with Gasteiger partial charge in [-0.3, -0.25) is 0 Å². The van der Waals surface area contributed by atoms with Crippen molar-refractivity contribution in [3.05, 3.63) is 0 Å². The Morgan fingerprint density at radius 3 is 1.67 bits per heavy atom. The van der Waals surface area contributed by atoms with Gasteiger partial charge >= 0.3 is 0 Å². The molecule has 6 saturated carbocycles. The highest BCUT2D eigenvalue weighted by Crippen LogP contribution is 2.61. The largest absolute Gasteiger partial charge is 0.0651 e. The summed E-state index contributed by atoms with van der Waals surface area (Å²) >= 11 is 0. The van der Waals surface area contributed by atoms with Gasteiger partial charge in [0.1, 0.15) is 0 Å². The maximum atomic E-state index is 2.68. The van der Waals surface area contributed by atoms with Crippen molar-refractivity contribution >= 4 is 0 Å². The van der Waals surface area contributed by atoms with E-state index < -0.39 is 0 Å². The molecule has 0 aliphatic heterocycles. The maximum Gasteiger partial charge on any atom is -0.0321 e. The van der Waals surface area contributed by atoms with E-state index in [1.165, 1.54) is 32.1 Å². The fourth-order valence-electron chi connectivity index (χ4n) is 13.7. The zero-order chi connectivity index (χ0) is 28.7. The number of hydrogen-bond donors (Lipinski definition) is 0. The molecule has 242 valence electrons. The summed E-state index contributed by atoms with van der Waals surface area (Å²) in [6, 6.07) is 0. The van der Waals surface area contributed by atoms with Crippen LogP contribution in [0, 0.1) is 71.0 Å². The lowest BCUT2D eigenvalue weighted by molar-refractivity contribution is -0.0931. The van der Waals surface area contributed by atoms with Crippen molar-refractivity contribution in [1.82, 2.24) is 0 Å². The minimum Gasteiger partial charge on any atom is -0.0651 e. The van der Waals surface area contributed by atoms with Gasteiger partial charge in [0.05, 0.1) is 0 Å². The molecule has 0 radical (unpaired) electrons. The summed E-state index contributed by atoms with van der Waals surface area (Å²) in [4.78, 5) is 0. The number of fused-ring (bicyclic) bond motifs is 2. The van der Waals surface area contributed by atoms with E-state index in [9.17, 15) is 0 Å². The maximum absolute atomic E-state index is 2.68. The average Bonchev–Trinajstić information content (AvgIpc) is 3.39. The molecule has 0 heterocycles. The van der Waals surface area contributed by atoms with Crippen LogP contribution in [0.5, 0.6) is 0 Å². The van der Waals surface area contributed by atoms with Gasteiger partial charge in [-0.15, -0.1) is 0 Å². The Hall–Kier alpha value is 0. The van der Waals surface area contributed by atoms with E-state index in [-0.39, 0.29) is 0 Å². The molecule has 0 N–H and O–H groups in total. The van der Waals surface area contributed by atoms with Crippen molar-refractivity contribution in [3.8, 4) is 0 Å². The highest BCUT2D eigenvalue weighted by Gasteiger charge is 2.54. The van der Waals surface area contributed by atoms with Crippen molar-refractivity contribution in [1.29, 1.82) is 0 Å². The lowest BCUT2D eigenvalue weighted by Gasteiger charge is -2.58. The Bertz CT molecular complexity index is 756. The monoisotopic (exact) mass is 579 g/mol. The number of rotatable bonds is 7. The van der Waals surface area contributed by atoms with E-state index in [0.29, 0.717) is 0 Å². The molecule has 0 spiro atoms. The van der Waals surface area contributed by atoms with E-state index in [0.717, 1.165) is 71.0 Å². The lowest BCUT2D eigenvalue weighted by Crippen LogP contribution is -2.51. The smallest absolute Gasteiger partial charge is 0.0321 e. The van der Waals surface area contributed by atoms with Crippen LogP contribution in [0.15, 0.2) is 0 Å². The summed E-state index contributed by atoms with van der Waals surface area (Å²) in [5.41, 5.74) is 0. The van der Waals surface area contributed by atoms with Crippen LogP contribution in [-0.2, 0) is 0 Å². The highest BCUT2D eigenvalue weighted by molar-refractivity contribution is 5.02. The SMILES string of the molecule is CCC1CCCCC1CCCC1C2CCCCCCC2C(C2CCCCC2C2CCCCCC2)C2CC(C)CCCC12. The van der Waals surface area contributed by atoms with Gasteiger partial charge in [-0.05, 0) is 116 Å². The fraction of sp³-hybridized carbons (Fsp3) is 1.00. The fourth-order valence-corrected chi connectivity index (χ4v) is 13.7. The molecule has 6 fully saturated rings. The van der Waals surface area contributed by atoms with Gasteiger partial charge in [-0.1, -0.05) is 149 Å². The second-order valence-electron chi connectivity index (χ2n) is 17.7. The normalized spacial score (nSPS) is 44.6. The molecule has 6 rings (SSSR count). The van der Waals surface area contributed by atoms with Crippen LogP contribution in [0.2, 0.25) is 0 Å². The molecule has 6 aliphatic carbocycles. The van der Waals surface area contributed by atoms with Crippen LogP contribution < -0.4 is 0 Å². The Labute approximate surface area is 264 Å². The minimum absolute atomic E-state index is 0.987. The van der Waals surface area contributed by atoms with Crippen LogP contribution in [0.1, 0.15) is 194 Å². The van der Waals surface area contributed by atoms with Gasteiger partial charge < -0.3 is 0 Å². The molecule has 42 heavy (non-hydrogen) atoms. The average molecular weight is 579 g/mol. The van der Waals surface area contributed by atoms with Gasteiger partial charge in [-0.25, -0.2) is 0 Å². The molecule has 11 atom stereocenters. The molecule has 0 amide bonds. The zero-order valence-corrected chi connectivity index (χ0v) is 28.7. The third-order valence-corrected chi connectivity index (χ3v) is 15.5. The summed E-state index contributed by atoms with van der Waals surface area (Å²) in [6.07, 6.45) is 43.9. The standard InChI is InChI=1S/C42H74/c1-3-32-19-12-13-20-33(32)23-17-29-36-37-25-10-6-7-11-26-40(37)42(41-30-31(2)18-16-28-38(36)41)39-27-15-14-24-35(39)34-21-8-4-5-9-22-34/h31-42H,3-30H2,1-2H3. The van der Waals surface area contributed by atoms with E-state index in [2.05, 4.69) is 13.8 Å². The van der Waals surface area contributed by atoms with Crippen molar-refractivity contribution in [2.45, 2.75) is 194 Å². The molecule has 6 aliphatic rings. The second kappa shape index (κ2) is 16.0. The summed E-state index contributed by atoms with van der Waals surface area (Å²) in [5, 5.41) is 0. The summed E-state index contributed by atoms with van der Waals surface area (Å²) < 4.78 is 0. The molecule has 0 aromatic carbocycles. The molecular weight excluding hydrogens is 504 g/mol. The van der Waals surface area contributed by atoms with Crippen molar-refractivity contribution in [2.75, 3.05) is 0 Å². The molecule has 0 bridgehead atoms. The first-order valence-corrected chi connectivity index (χ1v) is 20.7. The van der Waals surface area contributed by atoms with Crippen LogP contribution >= 0.6 is 0 Å². The van der Waals surface area contributed by atoms with Crippen LogP contribution in [-0.4, -0.2) is 0 Å². The van der Waals surface area contributed by atoms with Crippen molar-refractivity contribution < 1.29 is 0 Å². The Morgan fingerprint density at radius 1 is 0.429 bits per heavy atom. The second-order valence-corrected chi connectivity index (χ2v) is 17.7. The van der Waals surface area contributed by atoms with E-state index >= 15 is 0 Å². The quantitative estimate of drug-likeness (QED) is 0.264. The van der Waals surface area contributed by atoms with E-state index in [4.69, 9.17) is 0 Å². The first-order chi connectivity index (χ1) is 20.7. The zero-order valence-electron chi connectivity index (χ0n) is 28.7. The van der Waals surface area contributed by atoms with Gasteiger partial charge in [0.15, 0.2) is 0 Å². The number of hydrogen-bond acceptors (Lipinski definition) is 0. The Kier molecular flexibility index (Phi) is 12.2. The first-order valence-electron chi connectivity index (χ1n) is 20.7. The van der Waals surface area contributed by atoms with Crippen LogP contribution in [0.25, 0.3) is 0 Å². The summed E-state index contributed by atoms with van der Waals surface area (Å²) in [6.45, 7) is 5.17. The third-order valence-electron chi connectivity index (χ3n) is 15.5. The van der Waals surface area contributed by atoms with Crippen LogP contribution in [0.4, 0.5) is 0 Å². The van der Waals surface area contributed by atoms with E-state index in [1.807, 2.05) is 0 Å². The Morgan fingerprint density at radius 2 is 0.952 bits per heavy atom. The molecule has 0 aromatic rings. The topological polar surface area (TPSA) is 0 Å². The predicted octanol–water partition coefficient (Wildman–Crippen LogP) is 13.4. The molecular formula is C42H74. The van der Waals surface area contributed by atoms with Crippen molar-refractivity contribution in [3.63, 3.8) is 0 Å². The molecule has 0 aromatic heterocycles. The van der Waals surface area contributed by atoms with Gasteiger partial charge in [0.25, 0.3) is 0 Å². The predicted molar refractivity (Wildman–Crippen MR) is 183 cm³/mol. The van der Waals surface area contributed by atoms with Crippen LogP contribution in [0.3, 0.4) is 0 Å². The molecule has 0 heteroatoms. The third kappa shape index (κ3) is 7.51. The summed E-state index contributed by atoms with van der Waals surface area (Å²) in [7, 11) is 0. The van der Waals surface area contributed by atoms with Crippen molar-refractivity contribution in [2.24, 2.45) is 71.0 Å². The lowest BCUT2D eigenvalue weighted by atomic mass is 9.47. The van der Waals surface area contributed by atoms with Gasteiger partial charge in [0.2, 0.25) is 0 Å². The minimum atomic E-state index is 0.987.